The number of benzene rings is 2. The van der Waals surface area contributed by atoms with Crippen LogP contribution in [0.2, 0.25) is 0 Å². The van der Waals surface area contributed by atoms with Crippen molar-refractivity contribution in [2.45, 2.75) is 24.7 Å². The predicted octanol–water partition coefficient (Wildman–Crippen LogP) is 3.39. The van der Waals surface area contributed by atoms with Crippen molar-refractivity contribution in [1.29, 1.82) is 5.26 Å². The molecule has 3 aromatic rings. The van der Waals surface area contributed by atoms with Gasteiger partial charge < -0.3 is 9.88 Å². The second kappa shape index (κ2) is 9.30. The third-order valence-corrected chi connectivity index (χ3v) is 5.09. The molecule has 1 atom stereocenters. The van der Waals surface area contributed by atoms with Gasteiger partial charge in [0.25, 0.3) is 0 Å². The van der Waals surface area contributed by atoms with Crippen molar-refractivity contribution in [1.82, 2.24) is 20.1 Å². The highest BCUT2D eigenvalue weighted by atomic mass is 32.2. The highest BCUT2D eigenvalue weighted by Crippen LogP contribution is 2.20. The molecular weight excluding hydrogens is 396 g/mol. The minimum Gasteiger partial charge on any atom is -0.336 e. The summed E-state index contributed by atoms with van der Waals surface area (Å²) in [7, 11) is 0. The van der Waals surface area contributed by atoms with Crippen LogP contribution in [0.4, 0.5) is 8.78 Å². The van der Waals surface area contributed by atoms with Crippen molar-refractivity contribution in [2.24, 2.45) is 0 Å². The first kappa shape index (κ1) is 20.5. The van der Waals surface area contributed by atoms with Gasteiger partial charge >= 0.3 is 0 Å². The molecule has 1 N–H and O–H groups in total. The summed E-state index contributed by atoms with van der Waals surface area (Å²) in [5.74, 6) is -1.44. The predicted molar refractivity (Wildman–Crippen MR) is 104 cm³/mol. The zero-order valence-electron chi connectivity index (χ0n) is 15.5. The van der Waals surface area contributed by atoms with E-state index in [0.717, 1.165) is 29.5 Å². The molecule has 1 aromatic heterocycles. The number of amides is 1. The SMILES string of the molecule is Cc1nnc(SCC(=O)NC(C#N)c2ccc(F)cc2F)n1Cc1ccccc1. The average molecular weight is 413 g/mol. The number of nitrogens with zero attached hydrogens (tertiary/aromatic N) is 4. The minimum atomic E-state index is -1.22. The van der Waals surface area contributed by atoms with Gasteiger partial charge in [0, 0.05) is 11.6 Å². The van der Waals surface area contributed by atoms with E-state index in [1.165, 1.54) is 0 Å². The molecule has 0 aliphatic rings. The normalized spacial score (nSPS) is 11.7. The number of carbonyl (C=O) groups is 1. The van der Waals surface area contributed by atoms with Gasteiger partial charge in [0.1, 0.15) is 23.5 Å². The zero-order valence-corrected chi connectivity index (χ0v) is 16.3. The molecule has 29 heavy (non-hydrogen) atoms. The molecule has 3 rings (SSSR count). The molecular formula is C20H17F2N5OS. The Kier molecular flexibility index (Phi) is 6.57. The third-order valence-electron chi connectivity index (χ3n) is 4.13. The van der Waals surface area contributed by atoms with E-state index in [0.29, 0.717) is 23.6 Å². The molecule has 0 aliphatic heterocycles. The van der Waals surface area contributed by atoms with Crippen molar-refractivity contribution >= 4 is 17.7 Å². The van der Waals surface area contributed by atoms with Crippen molar-refractivity contribution in [3.63, 3.8) is 0 Å². The van der Waals surface area contributed by atoms with Crippen molar-refractivity contribution < 1.29 is 13.6 Å². The lowest BCUT2D eigenvalue weighted by Gasteiger charge is -2.13. The number of hydrogen-bond acceptors (Lipinski definition) is 5. The van der Waals surface area contributed by atoms with Gasteiger partial charge in [-0.3, -0.25) is 4.79 Å². The fourth-order valence-electron chi connectivity index (χ4n) is 2.66. The van der Waals surface area contributed by atoms with Gasteiger partial charge in [-0.1, -0.05) is 48.2 Å². The molecule has 0 aliphatic carbocycles. The Morgan fingerprint density at radius 2 is 2.00 bits per heavy atom. The molecule has 9 heteroatoms. The van der Waals surface area contributed by atoms with Crippen LogP contribution in [0.3, 0.4) is 0 Å². The molecule has 6 nitrogen and oxygen atoms in total. The summed E-state index contributed by atoms with van der Waals surface area (Å²) in [6.45, 7) is 2.38. The van der Waals surface area contributed by atoms with Crippen LogP contribution in [0.25, 0.3) is 0 Å². The van der Waals surface area contributed by atoms with Crippen molar-refractivity contribution in [3.8, 4) is 6.07 Å². The van der Waals surface area contributed by atoms with Crippen LogP contribution in [0, 0.1) is 29.9 Å². The second-order valence-corrected chi connectivity index (χ2v) is 7.13. The number of halogens is 2. The Bertz CT molecular complexity index is 1050. The summed E-state index contributed by atoms with van der Waals surface area (Å²) >= 11 is 1.16. The number of carbonyl (C=O) groups excluding carboxylic acids is 1. The van der Waals surface area contributed by atoms with Crippen LogP contribution in [-0.4, -0.2) is 26.4 Å². The van der Waals surface area contributed by atoms with Gasteiger partial charge in [-0.25, -0.2) is 8.78 Å². The van der Waals surface area contributed by atoms with Crippen LogP contribution in [0.1, 0.15) is 23.0 Å². The maximum absolute atomic E-state index is 13.9. The summed E-state index contributed by atoms with van der Waals surface area (Å²) in [6, 6.07) is 13.2. The average Bonchev–Trinajstić information content (AvgIpc) is 3.05. The van der Waals surface area contributed by atoms with Crippen LogP contribution in [-0.2, 0) is 11.3 Å². The van der Waals surface area contributed by atoms with Crippen LogP contribution < -0.4 is 5.32 Å². The number of rotatable bonds is 7. The number of thioether (sulfide) groups is 1. The molecule has 0 saturated heterocycles. The lowest BCUT2D eigenvalue weighted by Crippen LogP contribution is -2.29. The first-order chi connectivity index (χ1) is 14.0. The largest absolute Gasteiger partial charge is 0.336 e. The number of nitrogens with one attached hydrogen (secondary N) is 1. The first-order valence-electron chi connectivity index (χ1n) is 8.68. The van der Waals surface area contributed by atoms with Gasteiger partial charge in [-0.05, 0) is 18.6 Å². The van der Waals surface area contributed by atoms with Crippen LogP contribution in [0.5, 0.6) is 0 Å². The maximum atomic E-state index is 13.9. The van der Waals surface area contributed by atoms with Gasteiger partial charge in [0.15, 0.2) is 5.16 Å². The van der Waals surface area contributed by atoms with Gasteiger partial charge in [-0.15, -0.1) is 10.2 Å². The molecule has 0 spiro atoms. The number of aryl methyl sites for hydroxylation is 1. The molecule has 0 saturated carbocycles. The van der Waals surface area contributed by atoms with E-state index in [2.05, 4.69) is 15.5 Å². The van der Waals surface area contributed by atoms with E-state index in [1.807, 2.05) is 47.9 Å². The van der Waals surface area contributed by atoms with Gasteiger partial charge in [-0.2, -0.15) is 5.26 Å². The Morgan fingerprint density at radius 1 is 1.24 bits per heavy atom. The molecule has 148 valence electrons. The maximum Gasteiger partial charge on any atom is 0.231 e. The van der Waals surface area contributed by atoms with E-state index in [9.17, 15) is 18.8 Å². The van der Waals surface area contributed by atoms with Gasteiger partial charge in [0.05, 0.1) is 18.4 Å². The summed E-state index contributed by atoms with van der Waals surface area (Å²) in [5, 5.41) is 20.4. The lowest BCUT2D eigenvalue weighted by molar-refractivity contribution is -0.118. The Hall–Kier alpha value is -3.25. The number of aromatic nitrogens is 3. The van der Waals surface area contributed by atoms with E-state index in [1.54, 1.807) is 0 Å². The molecule has 0 fully saturated rings. The summed E-state index contributed by atoms with van der Waals surface area (Å²) < 4.78 is 28.8. The molecule has 1 unspecified atom stereocenters. The summed E-state index contributed by atoms with van der Waals surface area (Å²) in [4.78, 5) is 12.3. The molecule has 1 heterocycles. The quantitative estimate of drug-likeness (QED) is 0.601. The minimum absolute atomic E-state index is 0.0338. The van der Waals surface area contributed by atoms with Crippen LogP contribution in [0.15, 0.2) is 53.7 Å². The van der Waals surface area contributed by atoms with E-state index < -0.39 is 23.6 Å². The smallest absolute Gasteiger partial charge is 0.231 e. The first-order valence-corrected chi connectivity index (χ1v) is 9.67. The summed E-state index contributed by atoms with van der Waals surface area (Å²) in [5.41, 5.74) is 0.980. The van der Waals surface area contributed by atoms with Gasteiger partial charge in [0.2, 0.25) is 5.91 Å². The number of hydrogen-bond donors (Lipinski definition) is 1. The Balaban J connectivity index is 1.64. The fraction of sp³-hybridized carbons (Fsp3) is 0.200. The van der Waals surface area contributed by atoms with Crippen molar-refractivity contribution in [3.05, 3.63) is 77.1 Å². The fourth-order valence-corrected chi connectivity index (χ4v) is 3.46. The topological polar surface area (TPSA) is 83.6 Å². The summed E-state index contributed by atoms with van der Waals surface area (Å²) in [6.07, 6.45) is 0. The molecule has 0 radical (unpaired) electrons. The van der Waals surface area contributed by atoms with E-state index in [4.69, 9.17) is 0 Å². The third kappa shape index (κ3) is 5.18. The van der Waals surface area contributed by atoms with E-state index in [-0.39, 0.29) is 11.3 Å². The number of nitriles is 1. The Morgan fingerprint density at radius 3 is 2.69 bits per heavy atom. The Labute approximate surface area is 170 Å². The lowest BCUT2D eigenvalue weighted by atomic mass is 10.1. The molecule has 2 aromatic carbocycles. The van der Waals surface area contributed by atoms with Crippen molar-refractivity contribution in [2.75, 3.05) is 5.75 Å². The highest BCUT2D eigenvalue weighted by Gasteiger charge is 2.19. The zero-order chi connectivity index (χ0) is 20.8. The second-order valence-electron chi connectivity index (χ2n) is 6.19. The monoisotopic (exact) mass is 413 g/mol. The standard InChI is InChI=1S/C20H17F2N5OS/c1-13-25-26-20(27(13)11-14-5-3-2-4-6-14)29-12-19(28)24-18(10-23)16-8-7-15(21)9-17(16)22/h2-9,18H,11-12H2,1H3,(H,24,28). The highest BCUT2D eigenvalue weighted by molar-refractivity contribution is 7.99. The van der Waals surface area contributed by atoms with Crippen LogP contribution >= 0.6 is 11.8 Å². The van der Waals surface area contributed by atoms with E-state index >= 15 is 0 Å². The molecule has 0 bridgehead atoms. The molecule has 1 amide bonds.